The van der Waals surface area contributed by atoms with Crippen LogP contribution in [0.4, 0.5) is 0 Å². The first-order valence-electron chi connectivity index (χ1n) is 7.52. The van der Waals surface area contributed by atoms with Crippen molar-refractivity contribution in [2.45, 2.75) is 77.8 Å². The zero-order chi connectivity index (χ0) is 13.6. The third-order valence-corrected chi connectivity index (χ3v) is 4.34. The highest BCUT2D eigenvalue weighted by Gasteiger charge is 2.43. The van der Waals surface area contributed by atoms with Gasteiger partial charge in [0.25, 0.3) is 0 Å². The molecule has 1 fully saturated rings. The van der Waals surface area contributed by atoms with E-state index >= 15 is 0 Å². The summed E-state index contributed by atoms with van der Waals surface area (Å²) in [5.41, 5.74) is -0.420. The molecule has 0 radical (unpaired) electrons. The maximum atomic E-state index is 12.3. The summed E-state index contributed by atoms with van der Waals surface area (Å²) in [6.07, 6.45) is 6.39. The highest BCUT2D eigenvalue weighted by Crippen LogP contribution is 2.35. The first-order valence-corrected chi connectivity index (χ1v) is 7.52. The van der Waals surface area contributed by atoms with Crippen LogP contribution in [0.15, 0.2) is 0 Å². The van der Waals surface area contributed by atoms with Crippen LogP contribution in [0.5, 0.6) is 0 Å². The molecule has 1 aliphatic carbocycles. The van der Waals surface area contributed by atoms with E-state index in [4.69, 9.17) is 4.74 Å². The first-order chi connectivity index (χ1) is 8.57. The number of carbonyl (C=O) groups excluding carboxylic acids is 1. The Balaban J connectivity index is 2.72. The fraction of sp³-hybridized carbons (Fsp3) is 0.933. The number of nitrogens with one attached hydrogen (secondary N) is 1. The maximum Gasteiger partial charge on any atom is 0.326 e. The maximum absolute atomic E-state index is 12.3. The second-order valence-corrected chi connectivity index (χ2v) is 5.61. The molecule has 1 unspecified atom stereocenters. The minimum atomic E-state index is -0.420. The van der Waals surface area contributed by atoms with Gasteiger partial charge in [0.15, 0.2) is 0 Å². The van der Waals surface area contributed by atoms with Gasteiger partial charge in [-0.15, -0.1) is 0 Å². The van der Waals surface area contributed by atoms with Gasteiger partial charge in [-0.05, 0) is 51.9 Å². The molecule has 1 rings (SSSR count). The van der Waals surface area contributed by atoms with Crippen molar-refractivity contribution < 1.29 is 9.53 Å². The minimum Gasteiger partial charge on any atom is -0.465 e. The molecule has 106 valence electrons. The first kappa shape index (κ1) is 15.5. The molecule has 0 heterocycles. The van der Waals surface area contributed by atoms with Gasteiger partial charge in [-0.1, -0.05) is 20.3 Å². The van der Waals surface area contributed by atoms with Gasteiger partial charge in [0.1, 0.15) is 5.54 Å². The minimum absolute atomic E-state index is 0.0418. The van der Waals surface area contributed by atoms with E-state index in [2.05, 4.69) is 26.1 Å². The molecule has 1 N–H and O–H groups in total. The van der Waals surface area contributed by atoms with Crippen LogP contribution in [0.1, 0.15) is 66.2 Å². The number of hydrogen-bond acceptors (Lipinski definition) is 3. The third-order valence-electron chi connectivity index (χ3n) is 4.34. The molecule has 0 aromatic rings. The molecule has 0 bridgehead atoms. The lowest BCUT2D eigenvalue weighted by molar-refractivity contribution is -0.153. The van der Waals surface area contributed by atoms with Crippen molar-refractivity contribution in [2.75, 3.05) is 6.61 Å². The average Bonchev–Trinajstić information content (AvgIpc) is 2.39. The highest BCUT2D eigenvalue weighted by molar-refractivity contribution is 5.81. The molecule has 0 aliphatic heterocycles. The fourth-order valence-corrected chi connectivity index (χ4v) is 2.83. The standard InChI is InChI=1S/C15H29NO2/c1-5-12(4)16-15(14(17)18-7-3)10-8-13(6-2)9-11-15/h12-13,16H,5-11H2,1-4H3. The molecule has 1 aliphatic rings. The molecule has 18 heavy (non-hydrogen) atoms. The molecule has 0 aromatic heterocycles. The highest BCUT2D eigenvalue weighted by atomic mass is 16.5. The van der Waals surface area contributed by atoms with Crippen LogP contribution in [-0.2, 0) is 9.53 Å². The van der Waals surface area contributed by atoms with Crippen molar-refractivity contribution in [2.24, 2.45) is 5.92 Å². The van der Waals surface area contributed by atoms with Crippen molar-refractivity contribution in [3.63, 3.8) is 0 Å². The molecule has 3 nitrogen and oxygen atoms in total. The molecule has 0 amide bonds. The van der Waals surface area contributed by atoms with Gasteiger partial charge in [0.05, 0.1) is 6.61 Å². The smallest absolute Gasteiger partial charge is 0.326 e. The van der Waals surface area contributed by atoms with Gasteiger partial charge in [0.2, 0.25) is 0 Å². The van der Waals surface area contributed by atoms with Crippen LogP contribution in [0.2, 0.25) is 0 Å². The van der Waals surface area contributed by atoms with E-state index in [9.17, 15) is 4.79 Å². The molecule has 0 saturated heterocycles. The topological polar surface area (TPSA) is 38.3 Å². The van der Waals surface area contributed by atoms with E-state index in [0.717, 1.165) is 38.0 Å². The number of rotatable bonds is 6. The Bertz CT molecular complexity index is 257. The Hall–Kier alpha value is -0.570. The molecule has 0 spiro atoms. The van der Waals surface area contributed by atoms with Crippen LogP contribution >= 0.6 is 0 Å². The summed E-state index contributed by atoms with van der Waals surface area (Å²) in [5, 5.41) is 3.54. The number of esters is 1. The zero-order valence-electron chi connectivity index (χ0n) is 12.4. The monoisotopic (exact) mass is 255 g/mol. The molecule has 1 atom stereocenters. The predicted octanol–water partition coefficient (Wildman–Crippen LogP) is 3.28. The van der Waals surface area contributed by atoms with Gasteiger partial charge in [-0.3, -0.25) is 10.1 Å². The summed E-state index contributed by atoms with van der Waals surface area (Å²) in [5.74, 6) is 0.742. The van der Waals surface area contributed by atoms with Gasteiger partial charge < -0.3 is 4.74 Å². The lowest BCUT2D eigenvalue weighted by Crippen LogP contribution is -2.57. The summed E-state index contributed by atoms with van der Waals surface area (Å²) < 4.78 is 5.30. The summed E-state index contributed by atoms with van der Waals surface area (Å²) in [6, 6.07) is 0.368. The largest absolute Gasteiger partial charge is 0.465 e. The van der Waals surface area contributed by atoms with Gasteiger partial charge in [-0.25, -0.2) is 0 Å². The van der Waals surface area contributed by atoms with E-state index < -0.39 is 5.54 Å². The Kier molecular flexibility index (Phi) is 6.13. The third kappa shape index (κ3) is 3.71. The SMILES string of the molecule is CCOC(=O)C1(NC(C)CC)CCC(CC)CC1. The lowest BCUT2D eigenvalue weighted by atomic mass is 9.75. The summed E-state index contributed by atoms with van der Waals surface area (Å²) in [7, 11) is 0. The van der Waals surface area contributed by atoms with Crippen molar-refractivity contribution in [3.8, 4) is 0 Å². The molecule has 0 aromatic carbocycles. The Morgan fingerprint density at radius 2 is 1.94 bits per heavy atom. The average molecular weight is 255 g/mol. The van der Waals surface area contributed by atoms with Gasteiger partial charge >= 0.3 is 5.97 Å². The van der Waals surface area contributed by atoms with E-state index in [0.29, 0.717) is 12.6 Å². The second kappa shape index (κ2) is 7.13. The number of ether oxygens (including phenoxy) is 1. The summed E-state index contributed by atoms with van der Waals surface area (Å²) in [6.45, 7) is 8.89. The van der Waals surface area contributed by atoms with E-state index in [-0.39, 0.29) is 5.97 Å². The molecule has 3 heteroatoms. The second-order valence-electron chi connectivity index (χ2n) is 5.61. The number of hydrogen-bond donors (Lipinski definition) is 1. The number of carbonyl (C=O) groups is 1. The molecule has 1 saturated carbocycles. The van der Waals surface area contributed by atoms with E-state index in [1.54, 1.807) is 0 Å². The van der Waals surface area contributed by atoms with Gasteiger partial charge in [0, 0.05) is 6.04 Å². The van der Waals surface area contributed by atoms with Crippen LogP contribution in [0.3, 0.4) is 0 Å². The van der Waals surface area contributed by atoms with Crippen molar-refractivity contribution >= 4 is 5.97 Å². The van der Waals surface area contributed by atoms with Crippen molar-refractivity contribution in [1.29, 1.82) is 0 Å². The Morgan fingerprint density at radius 3 is 2.39 bits per heavy atom. The van der Waals surface area contributed by atoms with E-state index in [1.807, 2.05) is 6.92 Å². The zero-order valence-corrected chi connectivity index (χ0v) is 12.4. The van der Waals surface area contributed by atoms with Crippen molar-refractivity contribution in [1.82, 2.24) is 5.32 Å². The molecular formula is C15H29NO2. The molecular weight excluding hydrogens is 226 g/mol. The normalized spacial score (nSPS) is 29.9. The van der Waals surface area contributed by atoms with Crippen molar-refractivity contribution in [3.05, 3.63) is 0 Å². The van der Waals surface area contributed by atoms with Crippen LogP contribution in [0.25, 0.3) is 0 Å². The Labute approximate surface area is 112 Å². The fourth-order valence-electron chi connectivity index (χ4n) is 2.83. The predicted molar refractivity (Wildman–Crippen MR) is 74.5 cm³/mol. The van der Waals surface area contributed by atoms with E-state index in [1.165, 1.54) is 6.42 Å². The van der Waals surface area contributed by atoms with Crippen LogP contribution in [-0.4, -0.2) is 24.2 Å². The van der Waals surface area contributed by atoms with Crippen LogP contribution < -0.4 is 5.32 Å². The van der Waals surface area contributed by atoms with Gasteiger partial charge in [-0.2, -0.15) is 0 Å². The lowest BCUT2D eigenvalue weighted by Gasteiger charge is -2.40. The van der Waals surface area contributed by atoms with Crippen LogP contribution in [0, 0.1) is 5.92 Å². The summed E-state index contributed by atoms with van der Waals surface area (Å²) >= 11 is 0. The Morgan fingerprint density at radius 1 is 1.33 bits per heavy atom. The summed E-state index contributed by atoms with van der Waals surface area (Å²) in [4.78, 5) is 12.3. The quantitative estimate of drug-likeness (QED) is 0.740.